The lowest BCUT2D eigenvalue weighted by molar-refractivity contribution is -0.122. The minimum atomic E-state index is -0.320. The van der Waals surface area contributed by atoms with Crippen molar-refractivity contribution < 1.29 is 4.79 Å². The molecule has 1 aromatic carbocycles. The van der Waals surface area contributed by atoms with Gasteiger partial charge in [-0.15, -0.1) is 12.4 Å². The number of aromatic amines is 1. The van der Waals surface area contributed by atoms with Gasteiger partial charge < -0.3 is 10.6 Å². The quantitative estimate of drug-likeness (QED) is 0.740. The summed E-state index contributed by atoms with van der Waals surface area (Å²) in [5.74, 6) is -0.0993. The van der Waals surface area contributed by atoms with Crippen LogP contribution in [0.5, 0.6) is 0 Å². The summed E-state index contributed by atoms with van der Waals surface area (Å²) in [7, 11) is 0. The summed E-state index contributed by atoms with van der Waals surface area (Å²) < 4.78 is 1.21. The molecule has 1 saturated heterocycles. The zero-order chi connectivity index (χ0) is 16.2. The van der Waals surface area contributed by atoms with Crippen LogP contribution >= 0.6 is 12.4 Å². The van der Waals surface area contributed by atoms with Crippen LogP contribution in [0.25, 0.3) is 10.8 Å². The highest BCUT2D eigenvalue weighted by Crippen LogP contribution is 2.04. The van der Waals surface area contributed by atoms with Crippen LogP contribution in [0.1, 0.15) is 19.3 Å². The summed E-state index contributed by atoms with van der Waals surface area (Å²) in [6.45, 7) is 1.97. The van der Waals surface area contributed by atoms with Gasteiger partial charge in [-0.1, -0.05) is 12.1 Å². The number of hydrogen-bond acceptors (Lipinski definition) is 4. The summed E-state index contributed by atoms with van der Waals surface area (Å²) in [6, 6.07) is 6.86. The molecule has 1 fully saturated rings. The van der Waals surface area contributed by atoms with E-state index in [-0.39, 0.29) is 48.4 Å². The monoisotopic (exact) mass is 352 g/mol. The number of benzene rings is 1. The molecule has 0 spiro atoms. The molecule has 2 heterocycles. The second-order valence-corrected chi connectivity index (χ2v) is 5.79. The van der Waals surface area contributed by atoms with E-state index in [2.05, 4.69) is 15.7 Å². The molecule has 3 N–H and O–H groups in total. The second-order valence-electron chi connectivity index (χ2n) is 5.79. The minimum absolute atomic E-state index is 0. The zero-order valence-electron chi connectivity index (χ0n) is 13.2. The van der Waals surface area contributed by atoms with Crippen molar-refractivity contribution in [3.8, 4) is 0 Å². The molecule has 1 aliphatic heterocycles. The Bertz CT molecular complexity index is 824. The van der Waals surface area contributed by atoms with Crippen LogP contribution in [-0.4, -0.2) is 34.8 Å². The van der Waals surface area contributed by atoms with Gasteiger partial charge in [-0.2, -0.15) is 0 Å². The van der Waals surface area contributed by atoms with Crippen LogP contribution in [0.2, 0.25) is 0 Å². The van der Waals surface area contributed by atoms with Crippen molar-refractivity contribution in [1.82, 2.24) is 20.4 Å². The first-order valence-corrected chi connectivity index (χ1v) is 7.87. The molecule has 0 saturated carbocycles. The third-order valence-corrected chi connectivity index (χ3v) is 4.15. The number of aryl methyl sites for hydroxylation is 1. The van der Waals surface area contributed by atoms with Crippen LogP contribution in [0, 0.1) is 0 Å². The van der Waals surface area contributed by atoms with Crippen LogP contribution in [-0.2, 0) is 11.3 Å². The standard InChI is InChI=1S/C16H20N4O3.ClH/c21-14(18-11-5-8-17-9-6-11)7-10-20-16(23)13-4-2-1-3-12(13)15(22)19-20;/h1-4,11,17H,5-10H2,(H,18,21)(H,19,22);1H. The molecule has 0 unspecified atom stereocenters. The molecule has 2 aromatic rings. The number of H-pyrrole nitrogens is 1. The SMILES string of the molecule is Cl.O=C(CCn1[nH]c(=O)c2ccccc2c1=O)NC1CCNCC1. The number of rotatable bonds is 4. The maximum absolute atomic E-state index is 12.3. The van der Waals surface area contributed by atoms with Crippen molar-refractivity contribution in [3.05, 3.63) is 45.0 Å². The van der Waals surface area contributed by atoms with E-state index in [0.717, 1.165) is 25.9 Å². The normalized spacial score (nSPS) is 15.0. The van der Waals surface area contributed by atoms with Crippen molar-refractivity contribution in [1.29, 1.82) is 0 Å². The molecule has 0 atom stereocenters. The molecule has 1 aromatic heterocycles. The molecular formula is C16H21ClN4O3. The van der Waals surface area contributed by atoms with Gasteiger partial charge in [-0.3, -0.25) is 19.5 Å². The Balaban J connectivity index is 0.00000208. The maximum Gasteiger partial charge on any atom is 0.273 e. The van der Waals surface area contributed by atoms with Gasteiger partial charge in [-0.25, -0.2) is 4.68 Å². The molecule has 0 bridgehead atoms. The van der Waals surface area contributed by atoms with Gasteiger partial charge in [0, 0.05) is 12.5 Å². The first-order valence-electron chi connectivity index (χ1n) is 7.87. The third-order valence-electron chi connectivity index (χ3n) is 4.15. The Morgan fingerprint density at radius 2 is 1.83 bits per heavy atom. The molecule has 1 amide bonds. The van der Waals surface area contributed by atoms with Gasteiger partial charge in [0.2, 0.25) is 5.91 Å². The summed E-state index contributed by atoms with van der Waals surface area (Å²) in [5, 5.41) is 9.49. The van der Waals surface area contributed by atoms with Gasteiger partial charge >= 0.3 is 0 Å². The third kappa shape index (κ3) is 4.04. The van der Waals surface area contributed by atoms with Crippen molar-refractivity contribution in [2.24, 2.45) is 0 Å². The summed E-state index contributed by atoms with van der Waals surface area (Å²) in [5.41, 5.74) is -0.603. The Morgan fingerprint density at radius 1 is 1.17 bits per heavy atom. The number of fused-ring (bicyclic) bond motifs is 1. The van der Waals surface area contributed by atoms with Gasteiger partial charge in [0.1, 0.15) is 0 Å². The second kappa shape index (κ2) is 8.12. The number of halogens is 1. The zero-order valence-corrected chi connectivity index (χ0v) is 14.0. The minimum Gasteiger partial charge on any atom is -0.353 e. The van der Waals surface area contributed by atoms with Gasteiger partial charge in [0.05, 0.1) is 17.3 Å². The predicted molar refractivity (Wildman–Crippen MR) is 94.7 cm³/mol. The lowest BCUT2D eigenvalue weighted by Crippen LogP contribution is -2.43. The van der Waals surface area contributed by atoms with E-state index in [1.54, 1.807) is 24.3 Å². The van der Waals surface area contributed by atoms with E-state index in [1.165, 1.54) is 4.68 Å². The van der Waals surface area contributed by atoms with Gasteiger partial charge in [0.15, 0.2) is 0 Å². The lowest BCUT2D eigenvalue weighted by atomic mass is 10.1. The number of nitrogens with one attached hydrogen (secondary N) is 3. The van der Waals surface area contributed by atoms with Gasteiger partial charge in [0.25, 0.3) is 11.1 Å². The highest BCUT2D eigenvalue weighted by molar-refractivity contribution is 5.85. The summed E-state index contributed by atoms with van der Waals surface area (Å²) in [6.07, 6.45) is 2.00. The topological polar surface area (TPSA) is 96.0 Å². The highest BCUT2D eigenvalue weighted by Gasteiger charge is 2.15. The molecule has 0 aliphatic carbocycles. The smallest absolute Gasteiger partial charge is 0.273 e. The number of aromatic nitrogens is 2. The van der Waals surface area contributed by atoms with Crippen LogP contribution in [0.15, 0.2) is 33.9 Å². The average Bonchev–Trinajstić information content (AvgIpc) is 2.58. The average molecular weight is 353 g/mol. The number of amides is 1. The molecule has 130 valence electrons. The van der Waals surface area contributed by atoms with Crippen molar-refractivity contribution in [2.45, 2.75) is 31.8 Å². The molecule has 3 rings (SSSR count). The maximum atomic E-state index is 12.3. The fourth-order valence-corrected chi connectivity index (χ4v) is 2.88. The largest absolute Gasteiger partial charge is 0.353 e. The van der Waals surface area contributed by atoms with E-state index in [0.29, 0.717) is 10.8 Å². The van der Waals surface area contributed by atoms with Gasteiger partial charge in [-0.05, 0) is 38.1 Å². The van der Waals surface area contributed by atoms with Crippen LogP contribution < -0.4 is 21.8 Å². The molecule has 24 heavy (non-hydrogen) atoms. The van der Waals surface area contributed by atoms with E-state index in [1.807, 2.05) is 0 Å². The Labute approximate surface area is 144 Å². The summed E-state index contributed by atoms with van der Waals surface area (Å²) in [4.78, 5) is 36.3. The Hall–Kier alpha value is -2.12. The molecular weight excluding hydrogens is 332 g/mol. The number of piperidine rings is 1. The van der Waals surface area contributed by atoms with E-state index in [9.17, 15) is 14.4 Å². The fraction of sp³-hybridized carbons (Fsp3) is 0.438. The lowest BCUT2D eigenvalue weighted by Gasteiger charge is -2.23. The molecule has 0 radical (unpaired) electrons. The van der Waals surface area contributed by atoms with Crippen molar-refractivity contribution in [2.75, 3.05) is 13.1 Å². The van der Waals surface area contributed by atoms with E-state index < -0.39 is 0 Å². The van der Waals surface area contributed by atoms with Crippen molar-refractivity contribution >= 4 is 29.1 Å². The first-order chi connectivity index (χ1) is 11.1. The number of carbonyl (C=O) groups excluding carboxylic acids is 1. The Morgan fingerprint density at radius 3 is 2.54 bits per heavy atom. The van der Waals surface area contributed by atoms with E-state index >= 15 is 0 Å². The highest BCUT2D eigenvalue weighted by atomic mass is 35.5. The number of hydrogen-bond donors (Lipinski definition) is 3. The summed E-state index contributed by atoms with van der Waals surface area (Å²) >= 11 is 0. The predicted octanol–water partition coefficient (Wildman–Crippen LogP) is 0.370. The van der Waals surface area contributed by atoms with E-state index in [4.69, 9.17) is 0 Å². The van der Waals surface area contributed by atoms with Crippen molar-refractivity contribution in [3.63, 3.8) is 0 Å². The van der Waals surface area contributed by atoms with Crippen LogP contribution in [0.4, 0.5) is 0 Å². The number of nitrogens with zero attached hydrogens (tertiary/aromatic N) is 1. The molecule has 7 nitrogen and oxygen atoms in total. The first kappa shape index (κ1) is 18.2. The Kier molecular flexibility index (Phi) is 6.16. The fourth-order valence-electron chi connectivity index (χ4n) is 2.88. The molecule has 1 aliphatic rings. The number of carbonyl (C=O) groups is 1. The molecule has 8 heteroatoms. The van der Waals surface area contributed by atoms with Crippen LogP contribution in [0.3, 0.4) is 0 Å².